The fourth-order valence-electron chi connectivity index (χ4n) is 1.50. The minimum absolute atomic E-state index is 0.0960. The molecular formula is C12H10F4N4. The van der Waals surface area contributed by atoms with Crippen LogP contribution in [0.25, 0.3) is 0 Å². The van der Waals surface area contributed by atoms with Crippen LogP contribution in [0, 0.1) is 5.82 Å². The highest BCUT2D eigenvalue weighted by atomic mass is 19.4. The quantitative estimate of drug-likeness (QED) is 0.852. The molecule has 2 aromatic rings. The van der Waals surface area contributed by atoms with Gasteiger partial charge in [0.1, 0.15) is 0 Å². The van der Waals surface area contributed by atoms with Crippen molar-refractivity contribution in [2.75, 3.05) is 11.1 Å². The first-order valence-corrected chi connectivity index (χ1v) is 5.54. The monoisotopic (exact) mass is 286 g/mol. The smallest absolute Gasteiger partial charge is 0.368 e. The molecule has 0 aliphatic heterocycles. The fourth-order valence-corrected chi connectivity index (χ4v) is 1.50. The van der Waals surface area contributed by atoms with Gasteiger partial charge < -0.3 is 11.1 Å². The summed E-state index contributed by atoms with van der Waals surface area (Å²) in [5, 5.41) is 2.64. The molecule has 8 heteroatoms. The molecule has 0 saturated heterocycles. The molecule has 0 bridgehead atoms. The maximum Gasteiger partial charge on any atom is 0.416 e. The van der Waals surface area contributed by atoms with Crippen LogP contribution in [-0.2, 0) is 12.7 Å². The van der Waals surface area contributed by atoms with Crippen LogP contribution >= 0.6 is 0 Å². The normalized spacial score (nSPS) is 11.4. The summed E-state index contributed by atoms with van der Waals surface area (Å²) in [7, 11) is 0. The Hall–Kier alpha value is -2.38. The molecule has 1 aromatic carbocycles. The van der Waals surface area contributed by atoms with Gasteiger partial charge in [0.15, 0.2) is 11.6 Å². The van der Waals surface area contributed by atoms with Crippen molar-refractivity contribution in [1.82, 2.24) is 9.97 Å². The Kier molecular flexibility index (Phi) is 3.73. The molecule has 0 aliphatic rings. The van der Waals surface area contributed by atoms with Gasteiger partial charge in [-0.3, -0.25) is 0 Å². The predicted molar refractivity (Wildman–Crippen MR) is 65.2 cm³/mol. The van der Waals surface area contributed by atoms with E-state index in [9.17, 15) is 17.6 Å². The number of nitrogen functional groups attached to an aromatic ring is 1. The van der Waals surface area contributed by atoms with Crippen molar-refractivity contribution in [3.63, 3.8) is 0 Å². The third-order valence-electron chi connectivity index (χ3n) is 2.50. The molecule has 1 aromatic heterocycles. The number of aromatic nitrogens is 2. The standard InChI is InChI=1S/C12H10F4N4/c13-9-6-19-11(17)20-10(9)18-5-7-1-3-8(4-2-7)12(14,15)16/h1-4,6H,5H2,(H3,17,18,19,20). The van der Waals surface area contributed by atoms with Crippen LogP contribution in [0.1, 0.15) is 11.1 Å². The van der Waals surface area contributed by atoms with Gasteiger partial charge in [-0.25, -0.2) is 9.37 Å². The summed E-state index contributed by atoms with van der Waals surface area (Å²) >= 11 is 0. The topological polar surface area (TPSA) is 63.8 Å². The van der Waals surface area contributed by atoms with Crippen LogP contribution in [0.2, 0.25) is 0 Å². The molecule has 0 atom stereocenters. The summed E-state index contributed by atoms with van der Waals surface area (Å²) in [6.45, 7) is 0.117. The highest BCUT2D eigenvalue weighted by Crippen LogP contribution is 2.29. The molecule has 3 N–H and O–H groups in total. The van der Waals surface area contributed by atoms with Gasteiger partial charge in [-0.1, -0.05) is 12.1 Å². The summed E-state index contributed by atoms with van der Waals surface area (Å²) in [6, 6.07) is 4.53. The van der Waals surface area contributed by atoms with Crippen LogP contribution in [0.15, 0.2) is 30.5 Å². The number of nitrogens with zero attached hydrogens (tertiary/aromatic N) is 2. The number of nitrogens with one attached hydrogen (secondary N) is 1. The van der Waals surface area contributed by atoms with E-state index in [1.165, 1.54) is 12.1 Å². The molecular weight excluding hydrogens is 276 g/mol. The van der Waals surface area contributed by atoms with Gasteiger partial charge in [0.25, 0.3) is 0 Å². The number of hydrogen-bond acceptors (Lipinski definition) is 4. The van der Waals surface area contributed by atoms with Crippen molar-refractivity contribution < 1.29 is 17.6 Å². The number of alkyl halides is 3. The number of benzene rings is 1. The average Bonchev–Trinajstić information content (AvgIpc) is 2.39. The lowest BCUT2D eigenvalue weighted by atomic mass is 10.1. The van der Waals surface area contributed by atoms with Crippen molar-refractivity contribution in [2.45, 2.75) is 12.7 Å². The highest BCUT2D eigenvalue weighted by molar-refractivity contribution is 5.40. The lowest BCUT2D eigenvalue weighted by Gasteiger charge is -2.09. The summed E-state index contributed by atoms with van der Waals surface area (Å²) in [4.78, 5) is 7.10. The van der Waals surface area contributed by atoms with E-state index in [2.05, 4.69) is 15.3 Å². The molecule has 0 saturated carbocycles. The van der Waals surface area contributed by atoms with Crippen LogP contribution in [0.5, 0.6) is 0 Å². The lowest BCUT2D eigenvalue weighted by Crippen LogP contribution is -2.08. The number of hydrogen-bond donors (Lipinski definition) is 2. The second-order valence-corrected chi connectivity index (χ2v) is 3.97. The van der Waals surface area contributed by atoms with Crippen molar-refractivity contribution in [2.24, 2.45) is 0 Å². The van der Waals surface area contributed by atoms with Crippen LogP contribution in [-0.4, -0.2) is 9.97 Å². The Balaban J connectivity index is 2.06. The summed E-state index contributed by atoms with van der Waals surface area (Å²) in [5.41, 5.74) is 5.12. The van der Waals surface area contributed by atoms with Gasteiger partial charge in [-0.15, -0.1) is 0 Å². The van der Waals surface area contributed by atoms with Gasteiger partial charge in [-0.2, -0.15) is 18.2 Å². The molecule has 20 heavy (non-hydrogen) atoms. The first-order chi connectivity index (χ1) is 9.36. The van der Waals surface area contributed by atoms with Crippen LogP contribution in [0.3, 0.4) is 0 Å². The Morgan fingerprint density at radius 1 is 1.15 bits per heavy atom. The molecule has 106 valence electrons. The zero-order chi connectivity index (χ0) is 14.8. The van der Waals surface area contributed by atoms with E-state index in [1.54, 1.807) is 0 Å². The fraction of sp³-hybridized carbons (Fsp3) is 0.167. The third-order valence-corrected chi connectivity index (χ3v) is 2.50. The average molecular weight is 286 g/mol. The predicted octanol–water partition coefficient (Wildman–Crippen LogP) is 2.83. The first kappa shape index (κ1) is 14.0. The number of rotatable bonds is 3. The van der Waals surface area contributed by atoms with E-state index in [4.69, 9.17) is 5.73 Å². The Bertz CT molecular complexity index is 595. The van der Waals surface area contributed by atoms with Crippen molar-refractivity contribution in [1.29, 1.82) is 0 Å². The van der Waals surface area contributed by atoms with Gasteiger partial charge in [0.05, 0.1) is 11.8 Å². The van der Waals surface area contributed by atoms with E-state index in [0.717, 1.165) is 18.3 Å². The summed E-state index contributed by atoms with van der Waals surface area (Å²) in [5.74, 6) is -0.884. The molecule has 2 rings (SSSR count). The molecule has 4 nitrogen and oxygen atoms in total. The van der Waals surface area contributed by atoms with E-state index in [-0.39, 0.29) is 18.3 Å². The van der Waals surface area contributed by atoms with E-state index in [0.29, 0.717) is 5.56 Å². The van der Waals surface area contributed by atoms with E-state index < -0.39 is 17.6 Å². The molecule has 0 aliphatic carbocycles. The van der Waals surface area contributed by atoms with Gasteiger partial charge in [0, 0.05) is 6.54 Å². The highest BCUT2D eigenvalue weighted by Gasteiger charge is 2.29. The minimum Gasteiger partial charge on any atom is -0.368 e. The second-order valence-electron chi connectivity index (χ2n) is 3.97. The van der Waals surface area contributed by atoms with Crippen molar-refractivity contribution >= 4 is 11.8 Å². The van der Waals surface area contributed by atoms with E-state index in [1.807, 2.05) is 0 Å². The summed E-state index contributed by atoms with van der Waals surface area (Å²) in [6.07, 6.45) is -3.46. The lowest BCUT2D eigenvalue weighted by molar-refractivity contribution is -0.137. The third kappa shape index (κ3) is 3.34. The minimum atomic E-state index is -4.38. The molecule has 1 heterocycles. The van der Waals surface area contributed by atoms with Crippen LogP contribution in [0.4, 0.5) is 29.3 Å². The van der Waals surface area contributed by atoms with Gasteiger partial charge in [0.2, 0.25) is 5.95 Å². The Morgan fingerprint density at radius 2 is 1.80 bits per heavy atom. The van der Waals surface area contributed by atoms with Gasteiger partial charge >= 0.3 is 6.18 Å². The largest absolute Gasteiger partial charge is 0.416 e. The maximum atomic E-state index is 13.3. The van der Waals surface area contributed by atoms with Gasteiger partial charge in [-0.05, 0) is 17.7 Å². The van der Waals surface area contributed by atoms with Crippen LogP contribution < -0.4 is 11.1 Å². The Morgan fingerprint density at radius 3 is 2.40 bits per heavy atom. The molecule has 0 amide bonds. The molecule has 0 spiro atoms. The molecule has 0 radical (unpaired) electrons. The Labute approximate surface area is 111 Å². The zero-order valence-electron chi connectivity index (χ0n) is 10.1. The SMILES string of the molecule is Nc1ncc(F)c(NCc2ccc(C(F)(F)F)cc2)n1. The molecule has 0 unspecified atom stereocenters. The number of halogens is 4. The zero-order valence-corrected chi connectivity index (χ0v) is 10.1. The number of anilines is 2. The maximum absolute atomic E-state index is 13.3. The first-order valence-electron chi connectivity index (χ1n) is 5.54. The van der Waals surface area contributed by atoms with Crippen molar-refractivity contribution in [3.8, 4) is 0 Å². The number of nitrogens with two attached hydrogens (primary N) is 1. The van der Waals surface area contributed by atoms with Crippen molar-refractivity contribution in [3.05, 3.63) is 47.4 Å². The summed E-state index contributed by atoms with van der Waals surface area (Å²) < 4.78 is 50.4. The van der Waals surface area contributed by atoms with E-state index >= 15 is 0 Å². The molecule has 0 fully saturated rings. The second kappa shape index (κ2) is 5.32.